The minimum atomic E-state index is -0.437. The van der Waals surface area contributed by atoms with Crippen LogP contribution >= 0.6 is 0 Å². The second-order valence-electron chi connectivity index (χ2n) is 5.19. The van der Waals surface area contributed by atoms with Crippen LogP contribution in [0.1, 0.15) is 34.5 Å². The van der Waals surface area contributed by atoms with Gasteiger partial charge in [0.1, 0.15) is 0 Å². The van der Waals surface area contributed by atoms with Crippen LogP contribution in [0.4, 0.5) is 5.95 Å². The summed E-state index contributed by atoms with van der Waals surface area (Å²) in [6, 6.07) is 3.71. The third-order valence-electron chi connectivity index (χ3n) is 3.59. The zero-order chi connectivity index (χ0) is 13.6. The summed E-state index contributed by atoms with van der Waals surface area (Å²) in [4.78, 5) is 20.2. The lowest BCUT2D eigenvalue weighted by Gasteiger charge is -2.11. The minimum Gasteiger partial charge on any atom is -0.368 e. The summed E-state index contributed by atoms with van der Waals surface area (Å²) in [6.07, 6.45) is 3.26. The number of rotatable bonds is 3. The van der Waals surface area contributed by atoms with E-state index in [0.717, 1.165) is 23.1 Å². The van der Waals surface area contributed by atoms with Crippen molar-refractivity contribution in [1.29, 1.82) is 0 Å². The lowest BCUT2D eigenvalue weighted by Crippen LogP contribution is -2.15. The Morgan fingerprint density at radius 2 is 2.11 bits per heavy atom. The van der Waals surface area contributed by atoms with Crippen molar-refractivity contribution in [2.45, 2.75) is 26.2 Å². The lowest BCUT2D eigenvalue weighted by atomic mass is 9.98. The van der Waals surface area contributed by atoms with Gasteiger partial charge in [0.2, 0.25) is 11.9 Å². The highest BCUT2D eigenvalue weighted by molar-refractivity contribution is 6.07. The number of hydrogen-bond acceptors (Lipinski definition) is 4. The summed E-state index contributed by atoms with van der Waals surface area (Å²) in [5.41, 5.74) is 14.2. The molecule has 19 heavy (non-hydrogen) atoms. The van der Waals surface area contributed by atoms with Gasteiger partial charge in [0.05, 0.1) is 16.8 Å². The largest absolute Gasteiger partial charge is 0.368 e. The Hall–Kier alpha value is -2.17. The van der Waals surface area contributed by atoms with E-state index < -0.39 is 5.91 Å². The van der Waals surface area contributed by atoms with E-state index in [0.29, 0.717) is 17.0 Å². The molecule has 1 aromatic carbocycles. The van der Waals surface area contributed by atoms with Crippen molar-refractivity contribution in [3.8, 4) is 0 Å². The number of primary amides is 1. The van der Waals surface area contributed by atoms with Crippen LogP contribution in [-0.2, 0) is 6.42 Å². The summed E-state index contributed by atoms with van der Waals surface area (Å²) in [5, 5.41) is 0.772. The molecule has 0 radical (unpaired) electrons. The fourth-order valence-electron chi connectivity index (χ4n) is 2.48. The van der Waals surface area contributed by atoms with Crippen LogP contribution in [0.25, 0.3) is 10.9 Å². The Balaban J connectivity index is 2.31. The summed E-state index contributed by atoms with van der Waals surface area (Å²) < 4.78 is 0. The number of nitrogens with zero attached hydrogens (tertiary/aromatic N) is 2. The van der Waals surface area contributed by atoms with E-state index in [-0.39, 0.29) is 5.95 Å². The standard InChI is InChI=1S/C14H16N4O/c1-7-2-5-9-12(11(7)13(15)19)10(6-8-3-4-8)18-14(16)17-9/h2,5,8H,3-4,6H2,1H3,(H2,15,19)(H2,16,17,18). The third kappa shape index (κ3) is 2.12. The van der Waals surface area contributed by atoms with E-state index in [9.17, 15) is 4.79 Å². The highest BCUT2D eigenvalue weighted by Crippen LogP contribution is 2.35. The van der Waals surface area contributed by atoms with E-state index >= 15 is 0 Å². The second-order valence-corrected chi connectivity index (χ2v) is 5.19. The molecule has 4 N–H and O–H groups in total. The monoisotopic (exact) mass is 256 g/mol. The van der Waals surface area contributed by atoms with Crippen LogP contribution in [0, 0.1) is 12.8 Å². The van der Waals surface area contributed by atoms with Crippen molar-refractivity contribution < 1.29 is 4.79 Å². The van der Waals surface area contributed by atoms with Crippen molar-refractivity contribution in [2.24, 2.45) is 11.7 Å². The van der Waals surface area contributed by atoms with Gasteiger partial charge in [-0.15, -0.1) is 0 Å². The van der Waals surface area contributed by atoms with Gasteiger partial charge in [0.25, 0.3) is 0 Å². The molecule has 0 unspecified atom stereocenters. The van der Waals surface area contributed by atoms with Gasteiger partial charge in [-0.1, -0.05) is 6.07 Å². The summed E-state index contributed by atoms with van der Waals surface area (Å²) in [7, 11) is 0. The average molecular weight is 256 g/mol. The van der Waals surface area contributed by atoms with Gasteiger partial charge < -0.3 is 11.5 Å². The van der Waals surface area contributed by atoms with Crippen molar-refractivity contribution >= 4 is 22.8 Å². The number of nitrogens with two attached hydrogens (primary N) is 2. The number of amides is 1. The lowest BCUT2D eigenvalue weighted by molar-refractivity contribution is 0.100. The smallest absolute Gasteiger partial charge is 0.249 e. The number of aromatic nitrogens is 2. The molecular formula is C14H16N4O. The van der Waals surface area contributed by atoms with Gasteiger partial charge in [-0.05, 0) is 43.7 Å². The fourth-order valence-corrected chi connectivity index (χ4v) is 2.48. The Labute approximate surface area is 111 Å². The molecule has 2 aromatic rings. The molecule has 1 heterocycles. The van der Waals surface area contributed by atoms with Crippen molar-refractivity contribution in [1.82, 2.24) is 9.97 Å². The van der Waals surface area contributed by atoms with Gasteiger partial charge in [0, 0.05) is 5.39 Å². The second kappa shape index (κ2) is 4.19. The number of carbonyl (C=O) groups excluding carboxylic acids is 1. The molecule has 0 atom stereocenters. The topological polar surface area (TPSA) is 94.9 Å². The zero-order valence-corrected chi connectivity index (χ0v) is 10.8. The van der Waals surface area contributed by atoms with Crippen LogP contribution < -0.4 is 11.5 Å². The third-order valence-corrected chi connectivity index (χ3v) is 3.59. The predicted octanol–water partition coefficient (Wildman–Crippen LogP) is 1.57. The first-order chi connectivity index (χ1) is 9.06. The van der Waals surface area contributed by atoms with Crippen LogP contribution in [-0.4, -0.2) is 15.9 Å². The molecule has 0 bridgehead atoms. The number of hydrogen-bond donors (Lipinski definition) is 2. The first-order valence-corrected chi connectivity index (χ1v) is 6.41. The summed E-state index contributed by atoms with van der Waals surface area (Å²) in [5.74, 6) is 0.467. The molecule has 98 valence electrons. The Morgan fingerprint density at radius 3 is 2.74 bits per heavy atom. The summed E-state index contributed by atoms with van der Waals surface area (Å²) >= 11 is 0. The van der Waals surface area contributed by atoms with Gasteiger partial charge in [-0.25, -0.2) is 9.97 Å². The molecule has 1 saturated carbocycles. The van der Waals surface area contributed by atoms with E-state index in [2.05, 4.69) is 9.97 Å². The molecule has 1 aromatic heterocycles. The van der Waals surface area contributed by atoms with Crippen LogP contribution in [0.5, 0.6) is 0 Å². The van der Waals surface area contributed by atoms with Gasteiger partial charge in [0.15, 0.2) is 0 Å². The van der Waals surface area contributed by atoms with Crippen molar-refractivity contribution in [3.63, 3.8) is 0 Å². The molecule has 1 fully saturated rings. The molecule has 0 spiro atoms. The minimum absolute atomic E-state index is 0.252. The van der Waals surface area contributed by atoms with Crippen molar-refractivity contribution in [2.75, 3.05) is 5.73 Å². The Bertz CT molecular complexity index is 677. The van der Waals surface area contributed by atoms with Gasteiger partial charge in [-0.3, -0.25) is 4.79 Å². The maximum absolute atomic E-state index is 11.7. The number of aryl methyl sites for hydroxylation is 1. The van der Waals surface area contributed by atoms with E-state index in [4.69, 9.17) is 11.5 Å². The molecule has 1 amide bonds. The van der Waals surface area contributed by atoms with Gasteiger partial charge >= 0.3 is 0 Å². The molecule has 5 nitrogen and oxygen atoms in total. The van der Waals surface area contributed by atoms with E-state index in [1.807, 2.05) is 19.1 Å². The molecule has 0 saturated heterocycles. The average Bonchev–Trinajstić information content (AvgIpc) is 3.13. The maximum Gasteiger partial charge on any atom is 0.249 e. The Kier molecular flexibility index (Phi) is 2.62. The Morgan fingerprint density at radius 1 is 1.37 bits per heavy atom. The van der Waals surface area contributed by atoms with Crippen LogP contribution in [0.3, 0.4) is 0 Å². The number of carbonyl (C=O) groups is 1. The van der Waals surface area contributed by atoms with Crippen LogP contribution in [0.15, 0.2) is 12.1 Å². The number of benzene rings is 1. The highest BCUT2D eigenvalue weighted by atomic mass is 16.1. The van der Waals surface area contributed by atoms with E-state index in [1.54, 1.807) is 0 Å². The quantitative estimate of drug-likeness (QED) is 0.871. The van der Waals surface area contributed by atoms with E-state index in [1.165, 1.54) is 12.8 Å². The number of anilines is 1. The molecular weight excluding hydrogens is 240 g/mol. The first-order valence-electron chi connectivity index (χ1n) is 6.41. The molecule has 1 aliphatic carbocycles. The molecule has 5 heteroatoms. The predicted molar refractivity (Wildman–Crippen MR) is 73.6 cm³/mol. The van der Waals surface area contributed by atoms with Gasteiger partial charge in [-0.2, -0.15) is 0 Å². The maximum atomic E-state index is 11.7. The number of fused-ring (bicyclic) bond motifs is 1. The zero-order valence-electron chi connectivity index (χ0n) is 10.8. The first kappa shape index (κ1) is 11.9. The van der Waals surface area contributed by atoms with Crippen molar-refractivity contribution in [3.05, 3.63) is 29.0 Å². The molecule has 3 rings (SSSR count). The SMILES string of the molecule is Cc1ccc2nc(N)nc(CC3CC3)c2c1C(N)=O. The molecule has 1 aliphatic rings. The summed E-state index contributed by atoms with van der Waals surface area (Å²) in [6.45, 7) is 1.87. The highest BCUT2D eigenvalue weighted by Gasteiger charge is 2.25. The number of nitrogen functional groups attached to an aromatic ring is 1. The molecule has 0 aliphatic heterocycles. The normalized spacial score (nSPS) is 14.8. The fraction of sp³-hybridized carbons (Fsp3) is 0.357. The van der Waals surface area contributed by atoms with Crippen LogP contribution in [0.2, 0.25) is 0 Å².